The lowest BCUT2D eigenvalue weighted by molar-refractivity contribution is 0.0999. The van der Waals surface area contributed by atoms with Gasteiger partial charge in [0.2, 0.25) is 0 Å². The predicted molar refractivity (Wildman–Crippen MR) is 106 cm³/mol. The lowest BCUT2D eigenvalue weighted by Crippen LogP contribution is -2.12. The first-order valence-electron chi connectivity index (χ1n) is 8.52. The van der Waals surface area contributed by atoms with Gasteiger partial charge in [-0.25, -0.2) is 9.37 Å². The van der Waals surface area contributed by atoms with Gasteiger partial charge in [-0.2, -0.15) is 0 Å². The Balaban J connectivity index is 1.68. The number of thiazole rings is 1. The van der Waals surface area contributed by atoms with Gasteiger partial charge in [0.1, 0.15) is 11.6 Å². The molecule has 3 N–H and O–H groups in total. The summed E-state index contributed by atoms with van der Waals surface area (Å²) in [6, 6.07) is 11.5. The first-order valence-corrected chi connectivity index (χ1v) is 9.40. The van der Waals surface area contributed by atoms with Gasteiger partial charge in [-0.3, -0.25) is 4.79 Å². The van der Waals surface area contributed by atoms with Crippen molar-refractivity contribution in [2.75, 3.05) is 5.32 Å². The van der Waals surface area contributed by atoms with Crippen LogP contribution in [0.2, 0.25) is 0 Å². The molecular formula is C20H17FN4O2S. The number of carbonyl (C=O) groups is 1. The molecule has 0 spiro atoms. The zero-order chi connectivity index (χ0) is 19.7. The summed E-state index contributed by atoms with van der Waals surface area (Å²) in [7, 11) is 0. The van der Waals surface area contributed by atoms with Crippen LogP contribution >= 0.6 is 11.3 Å². The number of anilines is 2. The van der Waals surface area contributed by atoms with Crippen molar-refractivity contribution in [2.45, 2.75) is 13.5 Å². The van der Waals surface area contributed by atoms with Crippen LogP contribution in [0, 0.1) is 12.7 Å². The smallest absolute Gasteiger partial charge is 0.250 e. The van der Waals surface area contributed by atoms with Crippen LogP contribution in [0.3, 0.4) is 0 Å². The van der Waals surface area contributed by atoms with E-state index in [1.807, 2.05) is 29.0 Å². The third kappa shape index (κ3) is 3.54. The zero-order valence-electron chi connectivity index (χ0n) is 15.0. The van der Waals surface area contributed by atoms with Gasteiger partial charge in [0.15, 0.2) is 5.13 Å². The minimum Gasteiger partial charge on any atom is -0.467 e. The molecule has 8 heteroatoms. The second kappa shape index (κ2) is 7.32. The zero-order valence-corrected chi connectivity index (χ0v) is 15.8. The van der Waals surface area contributed by atoms with Gasteiger partial charge in [-0.1, -0.05) is 0 Å². The summed E-state index contributed by atoms with van der Waals surface area (Å²) in [4.78, 5) is 16.4. The average molecular weight is 396 g/mol. The van der Waals surface area contributed by atoms with Crippen molar-refractivity contribution in [1.29, 1.82) is 0 Å². The summed E-state index contributed by atoms with van der Waals surface area (Å²) in [6.45, 7) is 2.30. The van der Waals surface area contributed by atoms with E-state index in [4.69, 9.17) is 10.2 Å². The summed E-state index contributed by atoms with van der Waals surface area (Å²) in [5.41, 5.74) is 8.94. The highest BCUT2D eigenvalue weighted by Gasteiger charge is 2.19. The maximum atomic E-state index is 13.1. The number of hydrogen-bond donors (Lipinski definition) is 2. The number of nitrogens with one attached hydrogen (secondary N) is 1. The van der Waals surface area contributed by atoms with Crippen molar-refractivity contribution < 1.29 is 13.6 Å². The molecule has 4 rings (SSSR count). The Labute approximate surface area is 164 Å². The van der Waals surface area contributed by atoms with Crippen molar-refractivity contribution >= 4 is 28.1 Å². The molecule has 28 heavy (non-hydrogen) atoms. The van der Waals surface area contributed by atoms with E-state index in [0.717, 1.165) is 22.8 Å². The van der Waals surface area contributed by atoms with Crippen molar-refractivity contribution in [3.8, 4) is 11.4 Å². The minimum atomic E-state index is -0.489. The molecule has 3 heterocycles. The molecule has 0 saturated carbocycles. The second-order valence-electron chi connectivity index (χ2n) is 6.23. The van der Waals surface area contributed by atoms with Crippen LogP contribution in [0.25, 0.3) is 11.4 Å². The summed E-state index contributed by atoms with van der Waals surface area (Å²) in [5, 5.41) is 5.70. The third-order valence-electron chi connectivity index (χ3n) is 4.39. The Morgan fingerprint density at radius 2 is 2.11 bits per heavy atom. The number of nitrogens with two attached hydrogens (primary N) is 1. The Morgan fingerprint density at radius 3 is 2.79 bits per heavy atom. The van der Waals surface area contributed by atoms with Crippen LogP contribution in [0.15, 0.2) is 58.5 Å². The summed E-state index contributed by atoms with van der Waals surface area (Å²) in [6.07, 6.45) is 1.61. The molecular weight excluding hydrogens is 379 g/mol. The predicted octanol–water partition coefficient (Wildman–Crippen LogP) is 4.54. The Morgan fingerprint density at radius 1 is 1.32 bits per heavy atom. The lowest BCUT2D eigenvalue weighted by Gasteiger charge is -2.09. The molecule has 0 aliphatic carbocycles. The molecule has 0 radical (unpaired) electrons. The molecule has 142 valence electrons. The monoisotopic (exact) mass is 396 g/mol. The van der Waals surface area contributed by atoms with Crippen LogP contribution in [-0.4, -0.2) is 15.5 Å². The number of hydrogen-bond acceptors (Lipinski definition) is 5. The molecule has 3 aromatic heterocycles. The number of amides is 1. The molecule has 0 aliphatic heterocycles. The van der Waals surface area contributed by atoms with E-state index >= 15 is 0 Å². The number of carbonyl (C=O) groups excluding carboxylic acids is 1. The number of halogens is 1. The van der Waals surface area contributed by atoms with E-state index in [2.05, 4.69) is 10.3 Å². The number of primary amides is 1. The molecule has 1 aromatic carbocycles. The van der Waals surface area contributed by atoms with E-state index in [0.29, 0.717) is 22.9 Å². The summed E-state index contributed by atoms with van der Waals surface area (Å²) < 4.78 is 20.5. The first kappa shape index (κ1) is 18.0. The van der Waals surface area contributed by atoms with Gasteiger partial charge < -0.3 is 20.0 Å². The highest BCUT2D eigenvalue weighted by molar-refractivity contribution is 7.14. The van der Waals surface area contributed by atoms with Crippen LogP contribution < -0.4 is 11.1 Å². The number of furan rings is 1. The fourth-order valence-corrected chi connectivity index (χ4v) is 3.70. The molecule has 4 aromatic rings. The minimum absolute atomic E-state index is 0.296. The molecule has 0 saturated heterocycles. The van der Waals surface area contributed by atoms with Crippen molar-refractivity contribution in [3.63, 3.8) is 0 Å². The molecule has 0 bridgehead atoms. The van der Waals surface area contributed by atoms with E-state index < -0.39 is 5.91 Å². The van der Waals surface area contributed by atoms with Gasteiger partial charge in [0, 0.05) is 16.8 Å². The topological polar surface area (TPSA) is 86.1 Å². The van der Waals surface area contributed by atoms with Crippen LogP contribution in [0.4, 0.5) is 15.2 Å². The second-order valence-corrected chi connectivity index (χ2v) is 7.09. The largest absolute Gasteiger partial charge is 0.467 e. The summed E-state index contributed by atoms with van der Waals surface area (Å²) in [5.74, 6) is -0.0247. The highest BCUT2D eigenvalue weighted by Crippen LogP contribution is 2.31. The number of rotatable bonds is 6. The van der Waals surface area contributed by atoms with Crippen LogP contribution in [-0.2, 0) is 6.54 Å². The Bertz CT molecular complexity index is 1110. The maximum Gasteiger partial charge on any atom is 0.250 e. The number of aromatic nitrogens is 2. The van der Waals surface area contributed by atoms with E-state index in [9.17, 15) is 9.18 Å². The van der Waals surface area contributed by atoms with E-state index in [1.54, 1.807) is 24.5 Å². The van der Waals surface area contributed by atoms with Gasteiger partial charge in [-0.05, 0) is 49.4 Å². The van der Waals surface area contributed by atoms with E-state index in [1.165, 1.54) is 23.5 Å². The SMILES string of the molecule is Cc1c(C(N)=O)cc(-c2csc(Nc3ccc(F)cc3)n2)n1Cc1ccco1. The number of benzene rings is 1. The fourth-order valence-electron chi connectivity index (χ4n) is 2.97. The van der Waals surface area contributed by atoms with Gasteiger partial charge in [0.25, 0.3) is 5.91 Å². The van der Waals surface area contributed by atoms with Crippen molar-refractivity contribution in [3.05, 3.63) is 76.9 Å². The lowest BCUT2D eigenvalue weighted by atomic mass is 10.2. The Kier molecular flexibility index (Phi) is 4.70. The molecule has 0 fully saturated rings. The molecule has 0 aliphatic rings. The first-order chi connectivity index (χ1) is 13.5. The normalized spacial score (nSPS) is 10.9. The quantitative estimate of drug-likeness (QED) is 0.501. The van der Waals surface area contributed by atoms with E-state index in [-0.39, 0.29) is 5.82 Å². The van der Waals surface area contributed by atoms with Crippen LogP contribution in [0.5, 0.6) is 0 Å². The summed E-state index contributed by atoms with van der Waals surface area (Å²) >= 11 is 1.41. The molecule has 0 unspecified atom stereocenters. The van der Waals surface area contributed by atoms with Crippen LogP contribution in [0.1, 0.15) is 21.8 Å². The highest BCUT2D eigenvalue weighted by atomic mass is 32.1. The fraction of sp³-hybridized carbons (Fsp3) is 0.100. The standard InChI is InChI=1S/C20H17FN4O2S/c1-12-16(19(22)26)9-18(25(12)10-15-3-2-8-27-15)17-11-28-20(24-17)23-14-6-4-13(21)5-7-14/h2-9,11H,10H2,1H3,(H2,22,26)(H,23,24). The molecule has 6 nitrogen and oxygen atoms in total. The molecule has 1 amide bonds. The van der Waals surface area contributed by atoms with Gasteiger partial charge >= 0.3 is 0 Å². The Hall–Kier alpha value is -3.39. The number of nitrogens with zero attached hydrogens (tertiary/aromatic N) is 2. The van der Waals surface area contributed by atoms with Gasteiger partial charge in [0.05, 0.1) is 29.8 Å². The average Bonchev–Trinajstić information content (AvgIpc) is 3.40. The third-order valence-corrected chi connectivity index (χ3v) is 5.15. The van der Waals surface area contributed by atoms with Gasteiger partial charge in [-0.15, -0.1) is 11.3 Å². The van der Waals surface area contributed by atoms with Crippen molar-refractivity contribution in [2.24, 2.45) is 5.73 Å². The maximum absolute atomic E-state index is 13.1. The molecule has 0 atom stereocenters. The van der Waals surface area contributed by atoms with Crippen molar-refractivity contribution in [1.82, 2.24) is 9.55 Å².